The largest absolute Gasteiger partial charge is 0.505 e. The molecular formula is C19H21N3O4S2. The highest BCUT2D eigenvalue weighted by Gasteiger charge is 2.30. The Hall–Kier alpha value is -2.33. The number of pyridine rings is 1. The number of aryl methyl sites for hydroxylation is 1. The summed E-state index contributed by atoms with van der Waals surface area (Å²) in [5, 5.41) is 15.6. The van der Waals surface area contributed by atoms with Crippen molar-refractivity contribution < 1.29 is 14.2 Å². The van der Waals surface area contributed by atoms with Crippen LogP contribution in [0.1, 0.15) is 31.7 Å². The number of para-hydroxylation sites is 1. The van der Waals surface area contributed by atoms with Crippen LogP contribution in [0.25, 0.3) is 10.2 Å². The number of aromatic hydroxyl groups is 1. The van der Waals surface area contributed by atoms with Crippen LogP contribution in [0.2, 0.25) is 0 Å². The number of hydrogen-bond acceptors (Lipinski definition) is 7. The van der Waals surface area contributed by atoms with Crippen LogP contribution >= 0.6 is 22.1 Å². The number of amidine groups is 1. The third kappa shape index (κ3) is 3.10. The van der Waals surface area contributed by atoms with E-state index in [9.17, 15) is 19.0 Å². The van der Waals surface area contributed by atoms with Gasteiger partial charge in [0.25, 0.3) is 5.56 Å². The van der Waals surface area contributed by atoms with E-state index in [1.54, 1.807) is 28.8 Å². The molecule has 7 nitrogen and oxygen atoms in total. The lowest BCUT2D eigenvalue weighted by atomic mass is 10.1. The Morgan fingerprint density at radius 1 is 1.21 bits per heavy atom. The van der Waals surface area contributed by atoms with Gasteiger partial charge in [-0.05, 0) is 30.0 Å². The molecule has 0 aliphatic carbocycles. The molecule has 0 unspecified atom stereocenters. The van der Waals surface area contributed by atoms with Crippen LogP contribution in [0.4, 0.5) is 5.69 Å². The quantitative estimate of drug-likeness (QED) is 0.442. The van der Waals surface area contributed by atoms with Crippen molar-refractivity contribution in [3.63, 3.8) is 0 Å². The monoisotopic (exact) mass is 419 g/mol. The van der Waals surface area contributed by atoms with Gasteiger partial charge in [0.15, 0.2) is 11.6 Å². The lowest BCUT2D eigenvalue weighted by Gasteiger charge is -2.34. The highest BCUT2D eigenvalue weighted by Crippen LogP contribution is 2.55. The third-order valence-electron chi connectivity index (χ3n) is 4.72. The summed E-state index contributed by atoms with van der Waals surface area (Å²) in [6.07, 6.45) is 2.85. The molecule has 4 rings (SSSR count). The van der Waals surface area contributed by atoms with Gasteiger partial charge in [0, 0.05) is 6.54 Å². The van der Waals surface area contributed by atoms with Crippen LogP contribution < -0.4 is 10.9 Å². The summed E-state index contributed by atoms with van der Waals surface area (Å²) in [6.45, 7) is 2.61. The number of fused-ring (bicyclic) bond motifs is 2. The first-order valence-electron chi connectivity index (χ1n) is 9.01. The van der Waals surface area contributed by atoms with Crippen molar-refractivity contribution in [1.82, 2.24) is 4.57 Å². The van der Waals surface area contributed by atoms with E-state index in [2.05, 4.69) is 16.6 Å². The van der Waals surface area contributed by atoms with Crippen LogP contribution in [-0.2, 0) is 6.54 Å². The van der Waals surface area contributed by atoms with E-state index in [1.165, 1.54) is 11.3 Å². The van der Waals surface area contributed by atoms with Gasteiger partial charge in [-0.1, -0.05) is 42.7 Å². The van der Waals surface area contributed by atoms with Crippen molar-refractivity contribution in [2.24, 2.45) is 4.40 Å². The Morgan fingerprint density at radius 2 is 2.00 bits per heavy atom. The Bertz CT molecular complexity index is 1130. The zero-order chi connectivity index (χ0) is 19.9. The Balaban J connectivity index is 1.90. The number of benzene rings is 1. The first-order valence-corrected chi connectivity index (χ1v) is 11.4. The van der Waals surface area contributed by atoms with E-state index < -0.39 is 16.3 Å². The minimum Gasteiger partial charge on any atom is -0.505 e. The highest BCUT2D eigenvalue weighted by molar-refractivity contribution is 8.23. The van der Waals surface area contributed by atoms with Crippen LogP contribution in [0.3, 0.4) is 0 Å². The second kappa shape index (κ2) is 7.25. The van der Waals surface area contributed by atoms with Crippen molar-refractivity contribution in [3.05, 3.63) is 51.6 Å². The van der Waals surface area contributed by atoms with E-state index in [1.807, 2.05) is 11.4 Å². The minimum atomic E-state index is -3.48. The molecule has 9 heteroatoms. The third-order valence-corrected chi connectivity index (χ3v) is 7.02. The van der Waals surface area contributed by atoms with Gasteiger partial charge in [0.1, 0.15) is 10.5 Å². The van der Waals surface area contributed by atoms with Crippen LogP contribution in [0.5, 0.6) is 5.75 Å². The maximum absolute atomic E-state index is 13.3. The summed E-state index contributed by atoms with van der Waals surface area (Å²) in [6, 6.07) is 8.50. The first-order chi connectivity index (χ1) is 13.4. The zero-order valence-corrected chi connectivity index (χ0v) is 16.9. The average Bonchev–Trinajstić information content (AvgIpc) is 3.14. The summed E-state index contributed by atoms with van der Waals surface area (Å²) < 4.78 is 27.2. The Labute approximate surface area is 167 Å². The zero-order valence-electron chi connectivity index (χ0n) is 15.3. The first kappa shape index (κ1) is 19.0. The van der Waals surface area contributed by atoms with E-state index in [0.29, 0.717) is 22.4 Å². The number of aromatic nitrogens is 1. The van der Waals surface area contributed by atoms with Crippen LogP contribution in [0, 0.1) is 0 Å². The Morgan fingerprint density at radius 3 is 2.79 bits per heavy atom. The lowest BCUT2D eigenvalue weighted by molar-refractivity contribution is 0.477. The number of thiophene rings is 1. The van der Waals surface area contributed by atoms with E-state index in [0.717, 1.165) is 19.3 Å². The smallest absolute Gasteiger partial charge is 0.265 e. The summed E-state index contributed by atoms with van der Waals surface area (Å²) >= 11 is 1.33. The second-order valence-electron chi connectivity index (χ2n) is 6.60. The molecule has 0 amide bonds. The van der Waals surface area contributed by atoms with E-state index >= 15 is 0 Å². The molecule has 1 aromatic carbocycles. The summed E-state index contributed by atoms with van der Waals surface area (Å²) in [4.78, 5) is 13.5. The number of anilines is 1. The average molecular weight is 420 g/mol. The van der Waals surface area contributed by atoms with Crippen molar-refractivity contribution in [1.29, 1.82) is 0 Å². The molecule has 3 aromatic rings. The maximum atomic E-state index is 13.3. The van der Waals surface area contributed by atoms with Crippen LogP contribution in [0.15, 0.2) is 49.8 Å². The number of rotatable bonds is 5. The van der Waals surface area contributed by atoms with Gasteiger partial charge < -0.3 is 15.0 Å². The van der Waals surface area contributed by atoms with Gasteiger partial charge >= 0.3 is 0 Å². The summed E-state index contributed by atoms with van der Waals surface area (Å²) in [5.41, 5.74) is 0.687. The van der Waals surface area contributed by atoms with Crippen molar-refractivity contribution in [3.8, 4) is 5.75 Å². The summed E-state index contributed by atoms with van der Waals surface area (Å²) in [5.74, 6) is -0.219. The summed E-state index contributed by atoms with van der Waals surface area (Å²) in [7, 11) is -3.48. The molecule has 0 spiro atoms. The number of nitrogens with zero attached hydrogens (tertiary/aromatic N) is 2. The SMILES string of the molecule is CCCCCn1c(=O)c(C2=NS(O)(O)c3ccccc3N2)c(O)c2sccc21. The van der Waals surface area contributed by atoms with Gasteiger partial charge in [-0.15, -0.1) is 15.7 Å². The maximum Gasteiger partial charge on any atom is 0.265 e. The molecule has 0 atom stereocenters. The topological polar surface area (TPSA) is 107 Å². The minimum absolute atomic E-state index is 0.0271. The van der Waals surface area contributed by atoms with Gasteiger partial charge in [0.2, 0.25) is 0 Å². The molecule has 3 heterocycles. The molecule has 28 heavy (non-hydrogen) atoms. The van der Waals surface area contributed by atoms with Gasteiger partial charge in [0.05, 0.1) is 15.9 Å². The van der Waals surface area contributed by atoms with Gasteiger partial charge in [-0.25, -0.2) is 0 Å². The number of nitrogens with one attached hydrogen (secondary N) is 1. The number of hydrogen-bond donors (Lipinski definition) is 4. The normalized spacial score (nSPS) is 16.3. The molecule has 1 aliphatic heterocycles. The van der Waals surface area contributed by atoms with Crippen molar-refractivity contribution in [2.45, 2.75) is 37.6 Å². The molecule has 0 saturated heterocycles. The molecule has 2 aromatic heterocycles. The second-order valence-corrected chi connectivity index (χ2v) is 9.18. The molecule has 0 radical (unpaired) electrons. The molecule has 0 saturated carbocycles. The standard InChI is InChI=1S/C19H21N3O4S2/c1-2-3-6-10-22-13-9-11-27-17(13)16(23)15(19(22)24)18-20-12-7-4-5-8-14(12)28(25,26)21-18/h4-5,7-9,11,23,25-26H,2-3,6,10H2,1H3,(H,20,21). The van der Waals surface area contributed by atoms with E-state index in [-0.39, 0.29) is 22.0 Å². The number of unbranched alkanes of at least 4 members (excludes halogenated alkanes) is 2. The fourth-order valence-corrected chi connectivity index (χ4v) is 5.36. The highest BCUT2D eigenvalue weighted by atomic mass is 32.3. The van der Waals surface area contributed by atoms with Gasteiger partial charge in [-0.3, -0.25) is 13.9 Å². The van der Waals surface area contributed by atoms with Crippen LogP contribution in [-0.4, -0.2) is 24.6 Å². The van der Waals surface area contributed by atoms with E-state index in [4.69, 9.17) is 0 Å². The molecule has 0 fully saturated rings. The fraction of sp³-hybridized carbons (Fsp3) is 0.263. The lowest BCUT2D eigenvalue weighted by Crippen LogP contribution is -2.32. The predicted octanol–water partition coefficient (Wildman–Crippen LogP) is 4.86. The Kier molecular flexibility index (Phi) is 4.92. The van der Waals surface area contributed by atoms with Gasteiger partial charge in [-0.2, -0.15) is 0 Å². The molecular weight excluding hydrogens is 398 g/mol. The predicted molar refractivity (Wildman–Crippen MR) is 115 cm³/mol. The molecule has 0 bridgehead atoms. The van der Waals surface area contributed by atoms with Crippen molar-refractivity contribution in [2.75, 3.05) is 5.32 Å². The molecule has 1 aliphatic rings. The molecule has 4 N–H and O–H groups in total. The van der Waals surface area contributed by atoms with Crippen molar-refractivity contribution >= 4 is 43.9 Å². The fourth-order valence-electron chi connectivity index (χ4n) is 3.35. The molecule has 148 valence electrons.